The molecule has 0 aromatic heterocycles. The van der Waals surface area contributed by atoms with E-state index in [1.807, 2.05) is 56.3 Å². The molecule has 0 radical (unpaired) electrons. The summed E-state index contributed by atoms with van der Waals surface area (Å²) in [7, 11) is 0. The first kappa shape index (κ1) is 18.5. The first-order valence-electron chi connectivity index (χ1n) is 8.43. The number of rotatable bonds is 5. The van der Waals surface area contributed by atoms with Crippen LogP contribution in [0.25, 0.3) is 0 Å². The van der Waals surface area contributed by atoms with Gasteiger partial charge in [-0.3, -0.25) is 10.1 Å². The summed E-state index contributed by atoms with van der Waals surface area (Å²) >= 11 is 0. The minimum Gasteiger partial charge on any atom is -0.374 e. The molecule has 1 unspecified atom stereocenters. The van der Waals surface area contributed by atoms with Crippen LogP contribution in [0.15, 0.2) is 42.5 Å². The summed E-state index contributed by atoms with van der Waals surface area (Å²) in [6, 6.07) is 12.5. The van der Waals surface area contributed by atoms with Crippen molar-refractivity contribution in [3.8, 4) is 0 Å². The SMILES string of the molecule is CCc1cccc(NC(C)C(=O)NC(=O)Nc2ccc(C)cc2C)c1. The van der Waals surface area contributed by atoms with Crippen molar-refractivity contribution in [2.75, 3.05) is 10.6 Å². The molecule has 1 atom stereocenters. The predicted molar refractivity (Wildman–Crippen MR) is 102 cm³/mol. The number of nitrogens with one attached hydrogen (secondary N) is 3. The molecule has 0 heterocycles. The summed E-state index contributed by atoms with van der Waals surface area (Å²) in [5, 5.41) is 8.19. The molecule has 25 heavy (non-hydrogen) atoms. The number of hydrogen-bond donors (Lipinski definition) is 3. The highest BCUT2D eigenvalue weighted by Crippen LogP contribution is 2.16. The van der Waals surface area contributed by atoms with Crippen molar-refractivity contribution in [3.05, 3.63) is 59.2 Å². The van der Waals surface area contributed by atoms with E-state index in [4.69, 9.17) is 0 Å². The molecular weight excluding hydrogens is 314 g/mol. The third-order valence-electron chi connectivity index (χ3n) is 3.98. The molecule has 0 aliphatic carbocycles. The van der Waals surface area contributed by atoms with Crippen molar-refractivity contribution < 1.29 is 9.59 Å². The molecule has 2 rings (SSSR count). The number of imide groups is 1. The fourth-order valence-electron chi connectivity index (χ4n) is 2.52. The molecule has 3 amide bonds. The maximum atomic E-state index is 12.2. The fourth-order valence-corrected chi connectivity index (χ4v) is 2.52. The smallest absolute Gasteiger partial charge is 0.325 e. The average molecular weight is 339 g/mol. The van der Waals surface area contributed by atoms with Gasteiger partial charge in [-0.15, -0.1) is 0 Å². The Hall–Kier alpha value is -2.82. The molecule has 5 heteroatoms. The summed E-state index contributed by atoms with van der Waals surface area (Å²) in [4.78, 5) is 24.3. The molecule has 2 aromatic rings. The first-order chi connectivity index (χ1) is 11.9. The molecule has 0 aliphatic heterocycles. The first-order valence-corrected chi connectivity index (χ1v) is 8.43. The van der Waals surface area contributed by atoms with Gasteiger partial charge in [0.2, 0.25) is 5.91 Å². The maximum absolute atomic E-state index is 12.2. The minimum atomic E-state index is -0.534. The molecule has 132 valence electrons. The number of carbonyl (C=O) groups excluding carboxylic acids is 2. The van der Waals surface area contributed by atoms with Crippen LogP contribution in [0.3, 0.4) is 0 Å². The number of amides is 3. The van der Waals surface area contributed by atoms with Gasteiger partial charge in [0.25, 0.3) is 0 Å². The zero-order valence-corrected chi connectivity index (χ0v) is 15.1. The Kier molecular flexibility index (Phi) is 6.17. The van der Waals surface area contributed by atoms with E-state index < -0.39 is 12.1 Å². The van der Waals surface area contributed by atoms with Crippen LogP contribution in [0.5, 0.6) is 0 Å². The molecule has 2 aromatic carbocycles. The third-order valence-corrected chi connectivity index (χ3v) is 3.98. The number of aryl methyl sites for hydroxylation is 3. The van der Waals surface area contributed by atoms with Gasteiger partial charge in [0.1, 0.15) is 6.04 Å². The van der Waals surface area contributed by atoms with Gasteiger partial charge in [0, 0.05) is 11.4 Å². The van der Waals surface area contributed by atoms with Gasteiger partial charge in [-0.2, -0.15) is 0 Å². The predicted octanol–water partition coefficient (Wildman–Crippen LogP) is 4.01. The van der Waals surface area contributed by atoms with Gasteiger partial charge in [0.15, 0.2) is 0 Å². The molecule has 0 bridgehead atoms. The number of anilines is 2. The van der Waals surface area contributed by atoms with Crippen LogP contribution in [-0.2, 0) is 11.2 Å². The molecule has 5 nitrogen and oxygen atoms in total. The van der Waals surface area contributed by atoms with E-state index in [2.05, 4.69) is 22.9 Å². The Morgan fingerprint density at radius 3 is 2.52 bits per heavy atom. The standard InChI is InChI=1S/C20H25N3O2/c1-5-16-7-6-8-17(12-16)21-15(4)19(24)23-20(25)22-18-10-9-13(2)11-14(18)3/h6-12,15,21H,5H2,1-4H3,(H2,22,23,24,25). The fraction of sp³-hybridized carbons (Fsp3) is 0.300. The van der Waals surface area contributed by atoms with Crippen LogP contribution in [0.2, 0.25) is 0 Å². The molecule has 0 fully saturated rings. The van der Waals surface area contributed by atoms with Crippen LogP contribution in [0, 0.1) is 13.8 Å². The van der Waals surface area contributed by atoms with E-state index >= 15 is 0 Å². The van der Waals surface area contributed by atoms with E-state index in [9.17, 15) is 9.59 Å². The number of urea groups is 1. The molecule has 0 saturated carbocycles. The molecule has 0 spiro atoms. The highest BCUT2D eigenvalue weighted by atomic mass is 16.2. The Bertz CT molecular complexity index is 771. The van der Waals surface area contributed by atoms with Crippen molar-refractivity contribution in [2.24, 2.45) is 0 Å². The number of hydrogen-bond acceptors (Lipinski definition) is 3. The number of carbonyl (C=O) groups is 2. The summed E-state index contributed by atoms with van der Waals surface area (Å²) in [6.07, 6.45) is 0.925. The van der Waals surface area contributed by atoms with Gasteiger partial charge >= 0.3 is 6.03 Å². The van der Waals surface area contributed by atoms with Crippen molar-refractivity contribution in [1.82, 2.24) is 5.32 Å². The summed E-state index contributed by atoms with van der Waals surface area (Å²) in [5.41, 5.74) is 4.80. The lowest BCUT2D eigenvalue weighted by Crippen LogP contribution is -2.43. The summed E-state index contributed by atoms with van der Waals surface area (Å²) < 4.78 is 0. The quantitative estimate of drug-likeness (QED) is 0.771. The summed E-state index contributed by atoms with van der Waals surface area (Å²) in [5.74, 6) is -0.385. The van der Waals surface area contributed by atoms with E-state index in [-0.39, 0.29) is 5.91 Å². The topological polar surface area (TPSA) is 70.2 Å². The molecular formula is C20H25N3O2. The van der Waals surface area contributed by atoms with Gasteiger partial charge in [0.05, 0.1) is 0 Å². The van der Waals surface area contributed by atoms with Crippen LogP contribution < -0.4 is 16.0 Å². The van der Waals surface area contributed by atoms with Crippen LogP contribution in [-0.4, -0.2) is 18.0 Å². The average Bonchev–Trinajstić information content (AvgIpc) is 2.57. The van der Waals surface area contributed by atoms with Gasteiger partial charge in [-0.1, -0.05) is 36.8 Å². The van der Waals surface area contributed by atoms with Gasteiger partial charge in [-0.05, 0) is 56.5 Å². The minimum absolute atomic E-state index is 0.385. The van der Waals surface area contributed by atoms with Gasteiger partial charge < -0.3 is 10.6 Å². The van der Waals surface area contributed by atoms with Crippen LogP contribution >= 0.6 is 0 Å². The Morgan fingerprint density at radius 2 is 1.84 bits per heavy atom. The lowest BCUT2D eigenvalue weighted by Gasteiger charge is -2.16. The third kappa shape index (κ3) is 5.35. The Balaban J connectivity index is 1.92. The molecule has 3 N–H and O–H groups in total. The Morgan fingerprint density at radius 1 is 1.08 bits per heavy atom. The lowest BCUT2D eigenvalue weighted by atomic mass is 10.1. The van der Waals surface area contributed by atoms with Crippen molar-refractivity contribution in [2.45, 2.75) is 40.2 Å². The van der Waals surface area contributed by atoms with E-state index in [1.54, 1.807) is 6.92 Å². The second-order valence-corrected chi connectivity index (χ2v) is 6.18. The van der Waals surface area contributed by atoms with Crippen molar-refractivity contribution in [1.29, 1.82) is 0 Å². The highest BCUT2D eigenvalue weighted by Gasteiger charge is 2.16. The zero-order valence-electron chi connectivity index (χ0n) is 15.1. The van der Waals surface area contributed by atoms with Crippen LogP contribution in [0.1, 0.15) is 30.5 Å². The Labute approximate surface area is 148 Å². The van der Waals surface area contributed by atoms with E-state index in [1.165, 1.54) is 5.56 Å². The maximum Gasteiger partial charge on any atom is 0.325 e. The van der Waals surface area contributed by atoms with Crippen molar-refractivity contribution >= 4 is 23.3 Å². The second-order valence-electron chi connectivity index (χ2n) is 6.18. The van der Waals surface area contributed by atoms with Crippen molar-refractivity contribution in [3.63, 3.8) is 0 Å². The lowest BCUT2D eigenvalue weighted by molar-refractivity contribution is -0.120. The van der Waals surface area contributed by atoms with E-state index in [0.717, 1.165) is 23.2 Å². The van der Waals surface area contributed by atoms with Gasteiger partial charge in [-0.25, -0.2) is 4.79 Å². The summed E-state index contributed by atoms with van der Waals surface area (Å²) in [6.45, 7) is 7.70. The normalized spacial score (nSPS) is 11.5. The highest BCUT2D eigenvalue weighted by molar-refractivity contribution is 6.03. The second kappa shape index (κ2) is 8.33. The van der Waals surface area contributed by atoms with Crippen LogP contribution in [0.4, 0.5) is 16.2 Å². The zero-order chi connectivity index (χ0) is 18.4. The van der Waals surface area contributed by atoms with E-state index in [0.29, 0.717) is 5.69 Å². The largest absolute Gasteiger partial charge is 0.374 e. The number of benzene rings is 2. The monoisotopic (exact) mass is 339 g/mol. The molecule has 0 saturated heterocycles. The molecule has 0 aliphatic rings.